The number of carbonyl (C=O) groups excluding carboxylic acids is 3. The molecule has 0 saturated heterocycles. The van der Waals surface area contributed by atoms with Gasteiger partial charge in [-0.15, -0.1) is 0 Å². The second-order valence-electron chi connectivity index (χ2n) is 5.09. The molecule has 0 aliphatic carbocycles. The molecule has 0 aliphatic heterocycles. The summed E-state index contributed by atoms with van der Waals surface area (Å²) >= 11 is 0. The predicted octanol–water partition coefficient (Wildman–Crippen LogP) is 1.22. The number of methoxy groups -OCH3 is 1. The highest BCUT2D eigenvalue weighted by Crippen LogP contribution is 2.18. The summed E-state index contributed by atoms with van der Waals surface area (Å²) in [5, 5.41) is 10.7. The molecule has 140 valence electrons. The maximum atomic E-state index is 12.0. The molecule has 0 bridgehead atoms. The number of rotatable bonds is 6. The van der Waals surface area contributed by atoms with Crippen molar-refractivity contribution >= 4 is 23.5 Å². The van der Waals surface area contributed by atoms with Gasteiger partial charge >= 0.3 is 5.97 Å². The lowest BCUT2D eigenvalue weighted by Crippen LogP contribution is -2.43. The third kappa shape index (κ3) is 5.26. The molecule has 0 aromatic heterocycles. The molecular weight excluding hydrogens is 358 g/mol. The molecule has 0 radical (unpaired) electrons. The zero-order valence-corrected chi connectivity index (χ0v) is 14.1. The van der Waals surface area contributed by atoms with E-state index in [1.807, 2.05) is 5.43 Å². The van der Waals surface area contributed by atoms with Gasteiger partial charge in [-0.05, 0) is 18.2 Å². The van der Waals surface area contributed by atoms with E-state index in [1.54, 1.807) is 18.2 Å². The summed E-state index contributed by atoms with van der Waals surface area (Å²) in [4.78, 5) is 45.6. The highest BCUT2D eigenvalue weighted by atomic mass is 16.6. The number of benzene rings is 2. The van der Waals surface area contributed by atoms with Gasteiger partial charge < -0.3 is 9.47 Å². The van der Waals surface area contributed by atoms with Crippen molar-refractivity contribution in [2.45, 2.75) is 0 Å². The Kier molecular flexibility index (Phi) is 6.42. The Balaban J connectivity index is 1.85. The number of nitrogens with one attached hydrogen (secondary N) is 2. The number of esters is 1. The van der Waals surface area contributed by atoms with Gasteiger partial charge in [-0.2, -0.15) is 0 Å². The maximum Gasteiger partial charge on any atom is 0.342 e. The van der Waals surface area contributed by atoms with Gasteiger partial charge in [0.05, 0.1) is 12.0 Å². The molecule has 0 heterocycles. The van der Waals surface area contributed by atoms with E-state index in [4.69, 9.17) is 9.47 Å². The number of nitrogens with zero attached hydrogens (tertiary/aromatic N) is 1. The number of para-hydroxylation sites is 1. The van der Waals surface area contributed by atoms with Crippen LogP contribution in [0.5, 0.6) is 5.75 Å². The predicted molar refractivity (Wildman–Crippen MR) is 92.0 cm³/mol. The Morgan fingerprint density at radius 2 is 1.81 bits per heavy atom. The summed E-state index contributed by atoms with van der Waals surface area (Å²) in [5.41, 5.74) is 3.99. The molecule has 2 aromatic rings. The fourth-order valence-electron chi connectivity index (χ4n) is 2.02. The minimum Gasteiger partial charge on any atom is -0.496 e. The molecule has 10 nitrogen and oxygen atoms in total. The Hall–Kier alpha value is -3.95. The third-order valence-electron chi connectivity index (χ3n) is 3.30. The molecule has 2 rings (SSSR count). The van der Waals surface area contributed by atoms with Crippen LogP contribution >= 0.6 is 0 Å². The Bertz CT molecular complexity index is 882. The first kappa shape index (κ1) is 19.4. The standard InChI is InChI=1S/C17H15N3O7/c1-26-14-8-3-2-7-13(14)17(23)27-10-15(21)18-19-16(22)11-5-4-6-12(9-11)20(24)25/h2-9H,10H2,1H3,(H,18,21)(H,19,22). The molecule has 0 fully saturated rings. The van der Waals surface area contributed by atoms with Crippen LogP contribution in [0, 0.1) is 10.1 Å². The highest BCUT2D eigenvalue weighted by molar-refractivity contribution is 5.97. The van der Waals surface area contributed by atoms with Crippen LogP contribution in [-0.2, 0) is 9.53 Å². The van der Waals surface area contributed by atoms with Crippen LogP contribution in [0.1, 0.15) is 20.7 Å². The number of nitro groups is 1. The summed E-state index contributed by atoms with van der Waals surface area (Å²) in [6.45, 7) is -0.647. The van der Waals surface area contributed by atoms with E-state index in [-0.39, 0.29) is 16.8 Å². The molecule has 0 spiro atoms. The number of hydrazine groups is 1. The van der Waals surface area contributed by atoms with E-state index in [2.05, 4.69) is 5.43 Å². The number of non-ortho nitro benzene ring substituents is 1. The average Bonchev–Trinajstić information content (AvgIpc) is 2.70. The highest BCUT2D eigenvalue weighted by Gasteiger charge is 2.16. The van der Waals surface area contributed by atoms with Crippen molar-refractivity contribution in [3.05, 3.63) is 69.8 Å². The van der Waals surface area contributed by atoms with Gasteiger partial charge in [0, 0.05) is 17.7 Å². The van der Waals surface area contributed by atoms with Gasteiger partial charge in [-0.3, -0.25) is 30.6 Å². The quantitative estimate of drug-likeness (QED) is 0.441. The van der Waals surface area contributed by atoms with E-state index in [9.17, 15) is 24.5 Å². The first-order chi connectivity index (χ1) is 12.9. The van der Waals surface area contributed by atoms with Gasteiger partial charge in [-0.25, -0.2) is 4.79 Å². The van der Waals surface area contributed by atoms with Crippen LogP contribution < -0.4 is 15.6 Å². The minimum absolute atomic E-state index is 0.0180. The first-order valence-electron chi connectivity index (χ1n) is 7.56. The lowest BCUT2D eigenvalue weighted by atomic mass is 10.2. The second-order valence-corrected chi connectivity index (χ2v) is 5.09. The number of carbonyl (C=O) groups is 3. The van der Waals surface area contributed by atoms with Crippen LogP contribution in [0.4, 0.5) is 5.69 Å². The Morgan fingerprint density at radius 3 is 2.52 bits per heavy atom. The van der Waals surface area contributed by atoms with E-state index in [1.165, 1.54) is 31.4 Å². The maximum absolute atomic E-state index is 12.0. The van der Waals surface area contributed by atoms with E-state index >= 15 is 0 Å². The van der Waals surface area contributed by atoms with Gasteiger partial charge in [0.2, 0.25) is 0 Å². The molecule has 2 aromatic carbocycles. The third-order valence-corrected chi connectivity index (χ3v) is 3.30. The molecule has 0 unspecified atom stereocenters. The van der Waals surface area contributed by atoms with Crippen molar-refractivity contribution in [1.82, 2.24) is 10.9 Å². The monoisotopic (exact) mass is 373 g/mol. The van der Waals surface area contributed by atoms with Crippen molar-refractivity contribution in [2.24, 2.45) is 0 Å². The van der Waals surface area contributed by atoms with Crippen molar-refractivity contribution < 1.29 is 28.8 Å². The summed E-state index contributed by atoms with van der Waals surface area (Å²) < 4.78 is 9.87. The smallest absolute Gasteiger partial charge is 0.342 e. The van der Waals surface area contributed by atoms with Crippen molar-refractivity contribution in [2.75, 3.05) is 13.7 Å². The average molecular weight is 373 g/mol. The molecule has 0 atom stereocenters. The summed E-state index contributed by atoms with van der Waals surface area (Å²) in [5.74, 6) is -2.03. The zero-order valence-electron chi connectivity index (χ0n) is 14.1. The molecular formula is C17H15N3O7. The SMILES string of the molecule is COc1ccccc1C(=O)OCC(=O)NNC(=O)c1cccc([N+](=O)[O-])c1. The first-order valence-corrected chi connectivity index (χ1v) is 7.56. The van der Waals surface area contributed by atoms with Gasteiger partial charge in [0.25, 0.3) is 17.5 Å². The van der Waals surface area contributed by atoms with Crippen LogP contribution in [0.2, 0.25) is 0 Å². The van der Waals surface area contributed by atoms with Gasteiger partial charge in [0.15, 0.2) is 6.61 Å². The molecule has 0 saturated carbocycles. The van der Waals surface area contributed by atoms with Crippen molar-refractivity contribution in [3.63, 3.8) is 0 Å². The Morgan fingerprint density at radius 1 is 1.07 bits per heavy atom. The van der Waals surface area contributed by atoms with Gasteiger partial charge in [-0.1, -0.05) is 18.2 Å². The largest absolute Gasteiger partial charge is 0.496 e. The minimum atomic E-state index is -0.794. The topological polar surface area (TPSA) is 137 Å². The fourth-order valence-corrected chi connectivity index (χ4v) is 2.02. The molecule has 27 heavy (non-hydrogen) atoms. The molecule has 2 amide bonds. The number of nitro benzene ring substituents is 1. The molecule has 0 aliphatic rings. The van der Waals surface area contributed by atoms with Crippen molar-refractivity contribution in [1.29, 1.82) is 0 Å². The summed E-state index contributed by atoms with van der Waals surface area (Å²) in [7, 11) is 1.39. The Labute approximate surface area is 153 Å². The van der Waals surface area contributed by atoms with Crippen LogP contribution in [0.25, 0.3) is 0 Å². The molecule has 10 heteroatoms. The van der Waals surface area contributed by atoms with Crippen LogP contribution in [0.15, 0.2) is 48.5 Å². The summed E-state index contributed by atoms with van der Waals surface area (Å²) in [6.07, 6.45) is 0. The van der Waals surface area contributed by atoms with Crippen LogP contribution in [0.3, 0.4) is 0 Å². The molecule has 2 N–H and O–H groups in total. The van der Waals surface area contributed by atoms with Crippen LogP contribution in [-0.4, -0.2) is 36.4 Å². The second kappa shape index (κ2) is 8.94. The number of amides is 2. The van der Waals surface area contributed by atoms with Gasteiger partial charge in [0.1, 0.15) is 11.3 Å². The zero-order chi connectivity index (χ0) is 19.8. The lowest BCUT2D eigenvalue weighted by molar-refractivity contribution is -0.384. The normalized spacial score (nSPS) is 9.81. The van der Waals surface area contributed by atoms with Crippen molar-refractivity contribution in [3.8, 4) is 5.75 Å². The fraction of sp³-hybridized carbons (Fsp3) is 0.118. The summed E-state index contributed by atoms with van der Waals surface area (Å²) in [6, 6.07) is 11.3. The van der Waals surface area contributed by atoms with E-state index < -0.39 is 29.3 Å². The van der Waals surface area contributed by atoms with E-state index in [0.717, 1.165) is 6.07 Å². The number of ether oxygens (including phenoxy) is 2. The lowest BCUT2D eigenvalue weighted by Gasteiger charge is -2.09. The van der Waals surface area contributed by atoms with E-state index in [0.29, 0.717) is 5.75 Å². The number of hydrogen-bond acceptors (Lipinski definition) is 7. The number of hydrogen-bond donors (Lipinski definition) is 2.